The molecule has 3 aromatic rings. The Kier molecular flexibility index (Phi) is 5.35. The maximum Gasteiger partial charge on any atom is 0.180 e. The molecule has 2 aliphatic rings. The number of piperidine rings is 1. The van der Waals surface area contributed by atoms with Gasteiger partial charge in [0, 0.05) is 44.1 Å². The number of fused-ring (bicyclic) bond motifs is 1. The number of piperazine rings is 1. The lowest BCUT2D eigenvalue weighted by atomic mass is 9.94. The smallest absolute Gasteiger partial charge is 0.180 e. The third-order valence-corrected chi connectivity index (χ3v) is 6.19. The van der Waals surface area contributed by atoms with Crippen molar-refractivity contribution in [3.05, 3.63) is 42.1 Å². The fraction of sp³-hybridized carbons (Fsp3) is 0.500. The van der Waals surface area contributed by atoms with E-state index in [1.54, 1.807) is 16.7 Å². The number of anilines is 1. The molecule has 1 atom stereocenters. The normalized spacial score (nSPS) is 20.7. The molecule has 0 aromatic carbocycles. The summed E-state index contributed by atoms with van der Waals surface area (Å²) in [5.41, 5.74) is 2.47. The topological polar surface area (TPSA) is 61.6 Å². The van der Waals surface area contributed by atoms with E-state index >= 15 is 0 Å². The summed E-state index contributed by atoms with van der Waals surface area (Å²) < 4.78 is 15.6. The van der Waals surface area contributed by atoms with Gasteiger partial charge in [0.2, 0.25) is 0 Å². The first kappa shape index (κ1) is 19.4. The van der Waals surface area contributed by atoms with Crippen LogP contribution in [-0.4, -0.2) is 70.6 Å². The molecule has 0 aliphatic carbocycles. The number of nitrogens with one attached hydrogen (secondary N) is 1. The van der Waals surface area contributed by atoms with Crippen LogP contribution in [0.1, 0.15) is 18.5 Å². The Labute approximate surface area is 176 Å². The molecule has 3 aromatic heterocycles. The van der Waals surface area contributed by atoms with Gasteiger partial charge in [-0.3, -0.25) is 4.40 Å². The summed E-state index contributed by atoms with van der Waals surface area (Å²) in [5, 5.41) is 3.50. The number of likely N-dealkylation sites (N-methyl/N-ethyl adjacent to an activating group) is 1. The zero-order valence-corrected chi connectivity index (χ0v) is 17.4. The van der Waals surface area contributed by atoms with Crippen molar-refractivity contribution in [2.75, 3.05) is 51.2 Å². The average molecular weight is 410 g/mol. The van der Waals surface area contributed by atoms with E-state index in [-0.39, 0.29) is 5.82 Å². The standard InChI is InChI=1S/C22H28FN7/c1-28-7-9-29(10-8-28)21-12-18(11-16-3-2-6-24-13-16)26-22(27-21)19-14-25-20-5-4-17(23)15-30(19)20/h4-5,12,14-16,24H,2-3,6-11,13H2,1H3/t16-/m0/s1. The lowest BCUT2D eigenvalue weighted by Crippen LogP contribution is -2.45. The average Bonchev–Trinajstić information content (AvgIpc) is 3.18. The Hall–Kier alpha value is -2.58. The van der Waals surface area contributed by atoms with Crippen molar-refractivity contribution < 1.29 is 4.39 Å². The number of hydrogen-bond acceptors (Lipinski definition) is 6. The minimum atomic E-state index is -0.300. The fourth-order valence-electron chi connectivity index (χ4n) is 4.41. The molecular formula is C22H28FN7. The highest BCUT2D eigenvalue weighted by atomic mass is 19.1. The predicted molar refractivity (Wildman–Crippen MR) is 115 cm³/mol. The van der Waals surface area contributed by atoms with E-state index in [2.05, 4.69) is 33.2 Å². The van der Waals surface area contributed by atoms with Gasteiger partial charge in [0.25, 0.3) is 0 Å². The summed E-state index contributed by atoms with van der Waals surface area (Å²) in [7, 11) is 2.15. The zero-order chi connectivity index (χ0) is 20.5. The highest BCUT2D eigenvalue weighted by Crippen LogP contribution is 2.25. The molecule has 0 spiro atoms. The molecule has 1 N–H and O–H groups in total. The largest absolute Gasteiger partial charge is 0.354 e. The molecule has 8 heteroatoms. The first-order valence-electron chi connectivity index (χ1n) is 10.8. The Morgan fingerprint density at radius 2 is 2.03 bits per heavy atom. The molecule has 0 unspecified atom stereocenters. The monoisotopic (exact) mass is 409 g/mol. The van der Waals surface area contributed by atoms with Crippen molar-refractivity contribution in [2.24, 2.45) is 5.92 Å². The summed E-state index contributed by atoms with van der Waals surface area (Å²) in [5.74, 6) is 1.86. The molecule has 2 fully saturated rings. The fourth-order valence-corrected chi connectivity index (χ4v) is 4.41. The maximum atomic E-state index is 13.9. The van der Waals surface area contributed by atoms with Crippen LogP contribution >= 0.6 is 0 Å². The van der Waals surface area contributed by atoms with Crippen LogP contribution in [0.15, 0.2) is 30.6 Å². The van der Waals surface area contributed by atoms with Crippen LogP contribution < -0.4 is 10.2 Å². The highest BCUT2D eigenvalue weighted by molar-refractivity contribution is 5.59. The SMILES string of the molecule is CN1CCN(c2cc(C[C@@H]3CCCNC3)nc(-c3cnc4ccc(F)cn34)n2)CC1. The van der Waals surface area contributed by atoms with Gasteiger partial charge >= 0.3 is 0 Å². The second-order valence-electron chi connectivity index (χ2n) is 8.47. The first-order chi connectivity index (χ1) is 14.7. The molecule has 158 valence electrons. The molecule has 5 rings (SSSR count). The van der Waals surface area contributed by atoms with Gasteiger partial charge in [-0.05, 0) is 57.5 Å². The van der Waals surface area contributed by atoms with E-state index < -0.39 is 0 Å². The van der Waals surface area contributed by atoms with Gasteiger partial charge in [-0.25, -0.2) is 19.3 Å². The van der Waals surface area contributed by atoms with Crippen molar-refractivity contribution >= 4 is 11.5 Å². The highest BCUT2D eigenvalue weighted by Gasteiger charge is 2.21. The maximum absolute atomic E-state index is 13.9. The summed E-state index contributed by atoms with van der Waals surface area (Å²) >= 11 is 0. The number of imidazole rings is 1. The van der Waals surface area contributed by atoms with E-state index in [0.29, 0.717) is 17.4 Å². The van der Waals surface area contributed by atoms with Gasteiger partial charge in [0.15, 0.2) is 5.82 Å². The Morgan fingerprint density at radius 3 is 2.83 bits per heavy atom. The second-order valence-corrected chi connectivity index (χ2v) is 8.47. The predicted octanol–water partition coefficient (Wildman–Crippen LogP) is 2.22. The van der Waals surface area contributed by atoms with Crippen molar-refractivity contribution in [1.82, 2.24) is 29.6 Å². The number of rotatable bonds is 4. The van der Waals surface area contributed by atoms with Crippen LogP contribution in [0.2, 0.25) is 0 Å². The van der Waals surface area contributed by atoms with Crippen LogP contribution in [0, 0.1) is 11.7 Å². The molecule has 0 amide bonds. The molecule has 0 saturated carbocycles. The van der Waals surface area contributed by atoms with Crippen LogP contribution in [0.4, 0.5) is 10.2 Å². The van der Waals surface area contributed by atoms with Gasteiger partial charge in [-0.15, -0.1) is 0 Å². The van der Waals surface area contributed by atoms with E-state index in [4.69, 9.17) is 9.97 Å². The van der Waals surface area contributed by atoms with Gasteiger partial charge in [0.05, 0.1) is 6.20 Å². The summed E-state index contributed by atoms with van der Waals surface area (Å²) in [6.07, 6.45) is 6.55. The molecule has 2 saturated heterocycles. The van der Waals surface area contributed by atoms with Crippen molar-refractivity contribution in [2.45, 2.75) is 19.3 Å². The van der Waals surface area contributed by atoms with E-state index in [1.165, 1.54) is 25.1 Å². The number of aromatic nitrogens is 4. The van der Waals surface area contributed by atoms with Crippen molar-refractivity contribution in [3.8, 4) is 11.5 Å². The van der Waals surface area contributed by atoms with E-state index in [0.717, 1.165) is 62.9 Å². The van der Waals surface area contributed by atoms with Crippen LogP contribution in [-0.2, 0) is 6.42 Å². The molecule has 5 heterocycles. The summed E-state index contributed by atoms with van der Waals surface area (Å²) in [6.45, 7) is 6.05. The molecule has 2 aliphatic heterocycles. The van der Waals surface area contributed by atoms with Gasteiger partial charge in [0.1, 0.15) is 23.0 Å². The minimum Gasteiger partial charge on any atom is -0.354 e. The molecule has 0 bridgehead atoms. The number of pyridine rings is 1. The van der Waals surface area contributed by atoms with E-state index in [9.17, 15) is 4.39 Å². The minimum absolute atomic E-state index is 0.300. The van der Waals surface area contributed by atoms with Gasteiger partial charge in [-0.2, -0.15) is 0 Å². The number of halogens is 1. The molecule has 30 heavy (non-hydrogen) atoms. The van der Waals surface area contributed by atoms with E-state index in [1.807, 2.05) is 0 Å². The zero-order valence-electron chi connectivity index (χ0n) is 17.4. The van der Waals surface area contributed by atoms with Crippen LogP contribution in [0.25, 0.3) is 17.2 Å². The second kappa shape index (κ2) is 8.28. The Balaban J connectivity index is 1.53. The summed E-state index contributed by atoms with van der Waals surface area (Å²) in [4.78, 5) is 18.9. The Bertz CT molecular complexity index is 1020. The van der Waals surface area contributed by atoms with Crippen LogP contribution in [0.5, 0.6) is 0 Å². The third-order valence-electron chi connectivity index (χ3n) is 6.19. The molecule has 7 nitrogen and oxygen atoms in total. The van der Waals surface area contributed by atoms with Gasteiger partial charge < -0.3 is 15.1 Å². The van der Waals surface area contributed by atoms with Crippen molar-refractivity contribution in [3.63, 3.8) is 0 Å². The first-order valence-corrected chi connectivity index (χ1v) is 10.8. The Morgan fingerprint density at radius 1 is 1.17 bits per heavy atom. The van der Waals surface area contributed by atoms with Crippen molar-refractivity contribution in [1.29, 1.82) is 0 Å². The lowest BCUT2D eigenvalue weighted by molar-refractivity contribution is 0.312. The molecular weight excluding hydrogens is 381 g/mol. The lowest BCUT2D eigenvalue weighted by Gasteiger charge is -2.33. The van der Waals surface area contributed by atoms with Gasteiger partial charge in [-0.1, -0.05) is 0 Å². The molecule has 0 radical (unpaired) electrons. The summed E-state index contributed by atoms with van der Waals surface area (Å²) in [6, 6.07) is 5.25. The quantitative estimate of drug-likeness (QED) is 0.713. The number of hydrogen-bond donors (Lipinski definition) is 1. The number of nitrogens with zero attached hydrogens (tertiary/aromatic N) is 6. The third kappa shape index (κ3) is 4.02. The van der Waals surface area contributed by atoms with Crippen LogP contribution in [0.3, 0.4) is 0 Å².